The summed E-state index contributed by atoms with van der Waals surface area (Å²) < 4.78 is 11.1. The summed E-state index contributed by atoms with van der Waals surface area (Å²) >= 11 is 0. The second-order valence-corrected chi connectivity index (χ2v) is 5.96. The van der Waals surface area contributed by atoms with Crippen LogP contribution in [0.4, 0.5) is 0 Å². The van der Waals surface area contributed by atoms with E-state index in [2.05, 4.69) is 4.90 Å². The lowest BCUT2D eigenvalue weighted by molar-refractivity contribution is -0.145. The molecule has 1 aliphatic heterocycles. The highest BCUT2D eigenvalue weighted by molar-refractivity contribution is 5.78. The number of ether oxygens (including phenoxy) is 2. The Bertz CT molecular complexity index is 527. The summed E-state index contributed by atoms with van der Waals surface area (Å²) in [6.45, 7) is 2.81. The molecule has 0 aromatic heterocycles. The first kappa shape index (κ1) is 14.4. The van der Waals surface area contributed by atoms with Crippen molar-refractivity contribution in [2.75, 3.05) is 33.4 Å². The van der Waals surface area contributed by atoms with Gasteiger partial charge in [0.1, 0.15) is 5.75 Å². The third-order valence-electron chi connectivity index (χ3n) is 4.45. The maximum atomic E-state index is 11.3. The van der Waals surface area contributed by atoms with Gasteiger partial charge in [-0.3, -0.25) is 9.69 Å². The van der Waals surface area contributed by atoms with Gasteiger partial charge in [-0.1, -0.05) is 12.1 Å². The molecule has 0 amide bonds. The van der Waals surface area contributed by atoms with Gasteiger partial charge in [0.15, 0.2) is 0 Å². The monoisotopic (exact) mass is 291 g/mol. The molecule has 1 saturated heterocycles. The lowest BCUT2D eigenvalue weighted by atomic mass is 10.0. The van der Waals surface area contributed by atoms with Gasteiger partial charge in [0.25, 0.3) is 0 Å². The van der Waals surface area contributed by atoms with Gasteiger partial charge in [0.05, 0.1) is 25.2 Å². The van der Waals surface area contributed by atoms with Crippen LogP contribution in [-0.2, 0) is 9.53 Å². The van der Waals surface area contributed by atoms with Crippen molar-refractivity contribution in [3.8, 4) is 5.75 Å². The van der Waals surface area contributed by atoms with Crippen LogP contribution in [0, 0.1) is 5.41 Å². The maximum absolute atomic E-state index is 11.3. The third-order valence-corrected chi connectivity index (χ3v) is 4.45. The fourth-order valence-electron chi connectivity index (χ4n) is 2.91. The molecule has 1 aromatic carbocycles. The number of benzene rings is 1. The molecule has 0 bridgehead atoms. The highest BCUT2D eigenvalue weighted by Gasteiger charge is 2.51. The van der Waals surface area contributed by atoms with Crippen molar-refractivity contribution in [3.63, 3.8) is 0 Å². The first-order valence-electron chi connectivity index (χ1n) is 7.34. The van der Waals surface area contributed by atoms with Crippen LogP contribution < -0.4 is 4.74 Å². The molecule has 3 rings (SSSR count). The van der Waals surface area contributed by atoms with E-state index in [1.165, 1.54) is 0 Å². The molecule has 5 heteroatoms. The fraction of sp³-hybridized carbons (Fsp3) is 0.562. The van der Waals surface area contributed by atoms with Gasteiger partial charge in [-0.25, -0.2) is 0 Å². The molecule has 114 valence electrons. The fourth-order valence-corrected chi connectivity index (χ4v) is 2.91. The van der Waals surface area contributed by atoms with E-state index in [-0.39, 0.29) is 6.10 Å². The number of carbonyl (C=O) groups is 1. The Morgan fingerprint density at radius 1 is 1.52 bits per heavy atom. The van der Waals surface area contributed by atoms with E-state index in [0.29, 0.717) is 13.2 Å². The quantitative estimate of drug-likeness (QED) is 0.898. The van der Waals surface area contributed by atoms with Gasteiger partial charge >= 0.3 is 5.97 Å². The number of rotatable bonds is 5. The zero-order valence-corrected chi connectivity index (χ0v) is 12.2. The predicted octanol–water partition coefficient (Wildman–Crippen LogP) is 1.93. The molecule has 1 atom stereocenters. The average Bonchev–Trinajstić information content (AvgIpc) is 3.28. The molecule has 1 aliphatic carbocycles. The molecular formula is C16H21NO4. The molecule has 1 heterocycles. The van der Waals surface area contributed by atoms with Crippen molar-refractivity contribution in [1.82, 2.24) is 4.90 Å². The standard InChI is InChI=1S/C16H21NO4/c1-20-13-4-2-3-12(9-13)14-10-17(7-8-21-14)11-16(5-6-16)15(18)19/h2-4,9,14H,5-8,10-11H2,1H3,(H,18,19). The van der Waals surface area contributed by atoms with Crippen LogP contribution in [-0.4, -0.2) is 49.3 Å². The summed E-state index contributed by atoms with van der Waals surface area (Å²) in [6, 6.07) is 7.88. The molecule has 0 radical (unpaired) electrons. The van der Waals surface area contributed by atoms with Crippen LogP contribution in [0.15, 0.2) is 24.3 Å². The number of methoxy groups -OCH3 is 1. The zero-order chi connectivity index (χ0) is 14.9. The Balaban J connectivity index is 1.66. The van der Waals surface area contributed by atoms with Gasteiger partial charge in [0.2, 0.25) is 0 Å². The van der Waals surface area contributed by atoms with Gasteiger partial charge < -0.3 is 14.6 Å². The molecule has 1 unspecified atom stereocenters. The Morgan fingerprint density at radius 3 is 3.00 bits per heavy atom. The number of carboxylic acid groups (broad SMARTS) is 1. The summed E-state index contributed by atoms with van der Waals surface area (Å²) in [5.74, 6) is 0.157. The smallest absolute Gasteiger partial charge is 0.310 e. The van der Waals surface area contributed by atoms with E-state index >= 15 is 0 Å². The Morgan fingerprint density at radius 2 is 2.33 bits per heavy atom. The van der Waals surface area contributed by atoms with Crippen molar-refractivity contribution in [3.05, 3.63) is 29.8 Å². The first-order valence-corrected chi connectivity index (χ1v) is 7.34. The van der Waals surface area contributed by atoms with Crippen molar-refractivity contribution in [2.24, 2.45) is 5.41 Å². The SMILES string of the molecule is COc1cccc(C2CN(CC3(C(=O)O)CC3)CCO2)c1. The summed E-state index contributed by atoms with van der Waals surface area (Å²) in [4.78, 5) is 13.5. The zero-order valence-electron chi connectivity index (χ0n) is 12.2. The highest BCUT2D eigenvalue weighted by Crippen LogP contribution is 2.47. The van der Waals surface area contributed by atoms with E-state index in [4.69, 9.17) is 9.47 Å². The summed E-state index contributed by atoms with van der Waals surface area (Å²) in [6.07, 6.45) is 1.57. The number of morpholine rings is 1. The number of hydrogen-bond acceptors (Lipinski definition) is 4. The molecule has 1 aromatic rings. The van der Waals surface area contributed by atoms with E-state index in [1.807, 2.05) is 24.3 Å². The van der Waals surface area contributed by atoms with E-state index in [1.54, 1.807) is 7.11 Å². The van der Waals surface area contributed by atoms with Crippen molar-refractivity contribution in [1.29, 1.82) is 0 Å². The van der Waals surface area contributed by atoms with Crippen LogP contribution in [0.1, 0.15) is 24.5 Å². The minimum atomic E-state index is -0.660. The second-order valence-electron chi connectivity index (χ2n) is 5.96. The van der Waals surface area contributed by atoms with Crippen LogP contribution in [0.2, 0.25) is 0 Å². The largest absolute Gasteiger partial charge is 0.497 e. The van der Waals surface area contributed by atoms with Crippen LogP contribution in [0.25, 0.3) is 0 Å². The Labute approximate surface area is 124 Å². The molecule has 2 aliphatic rings. The second kappa shape index (κ2) is 5.66. The molecule has 1 saturated carbocycles. The predicted molar refractivity (Wildman–Crippen MR) is 77.4 cm³/mol. The normalized spacial score (nSPS) is 24.5. The lowest BCUT2D eigenvalue weighted by Gasteiger charge is -2.34. The van der Waals surface area contributed by atoms with Crippen LogP contribution >= 0.6 is 0 Å². The topological polar surface area (TPSA) is 59.0 Å². The molecule has 2 fully saturated rings. The number of nitrogens with zero attached hydrogens (tertiary/aromatic N) is 1. The molecular weight excluding hydrogens is 270 g/mol. The maximum Gasteiger partial charge on any atom is 0.310 e. The number of aliphatic carboxylic acids is 1. The highest BCUT2D eigenvalue weighted by atomic mass is 16.5. The average molecular weight is 291 g/mol. The Hall–Kier alpha value is -1.59. The minimum absolute atomic E-state index is 0.0153. The third kappa shape index (κ3) is 3.04. The van der Waals surface area contributed by atoms with Gasteiger partial charge in [-0.2, -0.15) is 0 Å². The van der Waals surface area contributed by atoms with Gasteiger partial charge in [0, 0.05) is 19.6 Å². The number of hydrogen-bond donors (Lipinski definition) is 1. The minimum Gasteiger partial charge on any atom is -0.497 e. The molecule has 5 nitrogen and oxygen atoms in total. The molecule has 0 spiro atoms. The van der Waals surface area contributed by atoms with Gasteiger partial charge in [-0.05, 0) is 30.5 Å². The number of carboxylic acids is 1. The van der Waals surface area contributed by atoms with Crippen molar-refractivity contribution < 1.29 is 19.4 Å². The Kier molecular flexibility index (Phi) is 3.87. The first-order chi connectivity index (χ1) is 10.1. The molecule has 1 N–H and O–H groups in total. The summed E-state index contributed by atoms with van der Waals surface area (Å²) in [7, 11) is 1.65. The van der Waals surface area contributed by atoms with E-state index in [0.717, 1.165) is 37.2 Å². The van der Waals surface area contributed by atoms with E-state index < -0.39 is 11.4 Å². The van der Waals surface area contributed by atoms with Crippen LogP contribution in [0.3, 0.4) is 0 Å². The lowest BCUT2D eigenvalue weighted by Crippen LogP contribution is -2.43. The van der Waals surface area contributed by atoms with E-state index in [9.17, 15) is 9.90 Å². The van der Waals surface area contributed by atoms with Crippen molar-refractivity contribution in [2.45, 2.75) is 18.9 Å². The summed E-state index contributed by atoms with van der Waals surface area (Å²) in [5.41, 5.74) is 0.579. The van der Waals surface area contributed by atoms with Crippen molar-refractivity contribution >= 4 is 5.97 Å². The van der Waals surface area contributed by atoms with Gasteiger partial charge in [-0.15, -0.1) is 0 Å². The molecule has 21 heavy (non-hydrogen) atoms. The van der Waals surface area contributed by atoms with Crippen LogP contribution in [0.5, 0.6) is 5.75 Å². The summed E-state index contributed by atoms with van der Waals surface area (Å²) in [5, 5.41) is 9.31.